The summed E-state index contributed by atoms with van der Waals surface area (Å²) in [6, 6.07) is 9.37. The number of aryl methyl sites for hydroxylation is 1. The standard InChI is InChI=1S/C13H15N3O2/c1-9-12(18-8-16-9)13(17)15-7-11(14)10-5-3-2-4-6-10/h2-6,8,11H,7,14H2,1H3,(H,15,17). The van der Waals surface area contributed by atoms with E-state index >= 15 is 0 Å². The molecule has 1 amide bonds. The van der Waals surface area contributed by atoms with Crippen LogP contribution < -0.4 is 11.1 Å². The number of rotatable bonds is 4. The lowest BCUT2D eigenvalue weighted by Crippen LogP contribution is -2.32. The van der Waals surface area contributed by atoms with Crippen LogP contribution in [0.3, 0.4) is 0 Å². The van der Waals surface area contributed by atoms with Gasteiger partial charge in [0.05, 0.1) is 5.69 Å². The molecular formula is C13H15N3O2. The zero-order valence-electron chi connectivity index (χ0n) is 10.1. The largest absolute Gasteiger partial charge is 0.438 e. The van der Waals surface area contributed by atoms with E-state index in [9.17, 15) is 4.79 Å². The Labute approximate surface area is 105 Å². The van der Waals surface area contributed by atoms with Gasteiger partial charge in [-0.05, 0) is 12.5 Å². The molecule has 0 aliphatic rings. The Bertz CT molecular complexity index is 522. The molecular weight excluding hydrogens is 230 g/mol. The second-order valence-electron chi connectivity index (χ2n) is 3.99. The summed E-state index contributed by atoms with van der Waals surface area (Å²) in [5.74, 6) is -0.0633. The molecule has 0 aliphatic heterocycles. The highest BCUT2D eigenvalue weighted by Gasteiger charge is 2.14. The predicted octanol–water partition coefficient (Wildman–Crippen LogP) is 1.41. The first-order valence-electron chi connectivity index (χ1n) is 5.67. The van der Waals surface area contributed by atoms with Crippen LogP contribution in [-0.4, -0.2) is 17.4 Å². The quantitative estimate of drug-likeness (QED) is 0.853. The fourth-order valence-electron chi connectivity index (χ4n) is 1.62. The summed E-state index contributed by atoms with van der Waals surface area (Å²) in [6.07, 6.45) is 1.25. The smallest absolute Gasteiger partial charge is 0.289 e. The molecule has 1 aromatic heterocycles. The number of amides is 1. The molecule has 1 unspecified atom stereocenters. The second-order valence-corrected chi connectivity index (χ2v) is 3.99. The molecule has 94 valence electrons. The number of nitrogens with one attached hydrogen (secondary N) is 1. The van der Waals surface area contributed by atoms with Gasteiger partial charge >= 0.3 is 0 Å². The van der Waals surface area contributed by atoms with E-state index in [0.717, 1.165) is 5.56 Å². The van der Waals surface area contributed by atoms with Gasteiger partial charge < -0.3 is 15.5 Å². The van der Waals surface area contributed by atoms with E-state index in [1.165, 1.54) is 6.39 Å². The fourth-order valence-corrected chi connectivity index (χ4v) is 1.62. The number of oxazole rings is 1. The van der Waals surface area contributed by atoms with Crippen LogP contribution in [0, 0.1) is 6.92 Å². The molecule has 0 bridgehead atoms. The highest BCUT2D eigenvalue weighted by molar-refractivity contribution is 5.92. The summed E-state index contributed by atoms with van der Waals surface area (Å²) in [7, 11) is 0. The second kappa shape index (κ2) is 5.46. The van der Waals surface area contributed by atoms with Crippen molar-refractivity contribution >= 4 is 5.91 Å². The molecule has 1 aromatic carbocycles. The number of nitrogens with two attached hydrogens (primary N) is 1. The summed E-state index contributed by atoms with van der Waals surface area (Å²) in [5, 5.41) is 2.73. The maximum atomic E-state index is 11.8. The van der Waals surface area contributed by atoms with Crippen molar-refractivity contribution in [1.29, 1.82) is 0 Å². The normalized spacial score (nSPS) is 12.1. The van der Waals surface area contributed by atoms with E-state index in [1.807, 2.05) is 30.3 Å². The van der Waals surface area contributed by atoms with Crippen LogP contribution in [0.4, 0.5) is 0 Å². The Hall–Kier alpha value is -2.14. The number of carbonyl (C=O) groups is 1. The lowest BCUT2D eigenvalue weighted by atomic mass is 10.1. The van der Waals surface area contributed by atoms with E-state index in [1.54, 1.807) is 6.92 Å². The van der Waals surface area contributed by atoms with E-state index in [-0.39, 0.29) is 17.7 Å². The van der Waals surface area contributed by atoms with E-state index < -0.39 is 0 Å². The molecule has 0 radical (unpaired) electrons. The molecule has 5 nitrogen and oxygen atoms in total. The summed E-state index contributed by atoms with van der Waals surface area (Å²) in [4.78, 5) is 15.6. The lowest BCUT2D eigenvalue weighted by Gasteiger charge is -2.12. The highest BCUT2D eigenvalue weighted by atomic mass is 16.3. The fraction of sp³-hybridized carbons (Fsp3) is 0.231. The number of benzene rings is 1. The van der Waals surface area contributed by atoms with Gasteiger partial charge in [-0.2, -0.15) is 0 Å². The predicted molar refractivity (Wildman–Crippen MR) is 66.9 cm³/mol. The van der Waals surface area contributed by atoms with Crippen molar-refractivity contribution in [3.05, 3.63) is 53.7 Å². The van der Waals surface area contributed by atoms with Crippen LogP contribution in [0.2, 0.25) is 0 Å². The number of aromatic nitrogens is 1. The summed E-state index contributed by atoms with van der Waals surface area (Å²) in [5.41, 5.74) is 7.52. The van der Waals surface area contributed by atoms with Gasteiger partial charge in [-0.25, -0.2) is 4.98 Å². The van der Waals surface area contributed by atoms with Crippen molar-refractivity contribution in [2.45, 2.75) is 13.0 Å². The van der Waals surface area contributed by atoms with Gasteiger partial charge in [-0.1, -0.05) is 30.3 Å². The molecule has 1 heterocycles. The highest BCUT2D eigenvalue weighted by Crippen LogP contribution is 2.09. The molecule has 0 saturated heterocycles. The average Bonchev–Trinajstić information content (AvgIpc) is 2.83. The number of carbonyl (C=O) groups excluding carboxylic acids is 1. The Morgan fingerprint density at radius 2 is 2.17 bits per heavy atom. The van der Waals surface area contributed by atoms with Crippen LogP contribution in [0.1, 0.15) is 27.9 Å². The van der Waals surface area contributed by atoms with E-state index in [4.69, 9.17) is 10.2 Å². The van der Waals surface area contributed by atoms with E-state index in [2.05, 4.69) is 10.3 Å². The SMILES string of the molecule is Cc1ncoc1C(=O)NCC(N)c1ccccc1. The van der Waals surface area contributed by atoms with Crippen LogP contribution in [-0.2, 0) is 0 Å². The van der Waals surface area contributed by atoms with Gasteiger partial charge in [0.1, 0.15) is 0 Å². The van der Waals surface area contributed by atoms with Crippen molar-refractivity contribution in [3.8, 4) is 0 Å². The monoisotopic (exact) mass is 245 g/mol. The number of nitrogens with zero attached hydrogens (tertiary/aromatic N) is 1. The molecule has 0 aliphatic carbocycles. The van der Waals surface area contributed by atoms with Crippen LogP contribution >= 0.6 is 0 Å². The van der Waals surface area contributed by atoms with Gasteiger partial charge in [0, 0.05) is 12.6 Å². The molecule has 5 heteroatoms. The van der Waals surface area contributed by atoms with Gasteiger partial charge in [-0.3, -0.25) is 4.79 Å². The third-order valence-corrected chi connectivity index (χ3v) is 2.66. The first-order chi connectivity index (χ1) is 8.68. The van der Waals surface area contributed by atoms with Crippen LogP contribution in [0.25, 0.3) is 0 Å². The van der Waals surface area contributed by atoms with Crippen molar-refractivity contribution in [3.63, 3.8) is 0 Å². The maximum Gasteiger partial charge on any atom is 0.289 e. The number of hydrogen-bond acceptors (Lipinski definition) is 4. The molecule has 2 aromatic rings. The number of hydrogen-bond donors (Lipinski definition) is 2. The molecule has 3 N–H and O–H groups in total. The Balaban J connectivity index is 1.93. The summed E-state index contributed by atoms with van der Waals surface area (Å²) in [6.45, 7) is 2.07. The van der Waals surface area contributed by atoms with E-state index in [0.29, 0.717) is 12.2 Å². The minimum absolute atomic E-state index is 0.232. The molecule has 18 heavy (non-hydrogen) atoms. The van der Waals surface area contributed by atoms with Gasteiger partial charge in [0.15, 0.2) is 6.39 Å². The summed E-state index contributed by atoms with van der Waals surface area (Å²) >= 11 is 0. The van der Waals surface area contributed by atoms with Crippen LogP contribution in [0.5, 0.6) is 0 Å². The molecule has 2 rings (SSSR count). The Morgan fingerprint density at radius 3 is 2.78 bits per heavy atom. The van der Waals surface area contributed by atoms with Crippen molar-refractivity contribution < 1.29 is 9.21 Å². The van der Waals surface area contributed by atoms with Crippen molar-refractivity contribution in [2.24, 2.45) is 5.73 Å². The van der Waals surface area contributed by atoms with Gasteiger partial charge in [0.2, 0.25) is 5.76 Å². The lowest BCUT2D eigenvalue weighted by molar-refractivity contribution is 0.0922. The van der Waals surface area contributed by atoms with Gasteiger partial charge in [-0.15, -0.1) is 0 Å². The molecule has 0 spiro atoms. The zero-order valence-corrected chi connectivity index (χ0v) is 10.1. The zero-order chi connectivity index (χ0) is 13.0. The Morgan fingerprint density at radius 1 is 1.44 bits per heavy atom. The summed E-state index contributed by atoms with van der Waals surface area (Å²) < 4.78 is 5.00. The van der Waals surface area contributed by atoms with Crippen molar-refractivity contribution in [2.75, 3.05) is 6.54 Å². The topological polar surface area (TPSA) is 81.2 Å². The van der Waals surface area contributed by atoms with Gasteiger partial charge in [0.25, 0.3) is 5.91 Å². The average molecular weight is 245 g/mol. The first-order valence-corrected chi connectivity index (χ1v) is 5.67. The third kappa shape index (κ3) is 2.75. The third-order valence-electron chi connectivity index (χ3n) is 2.66. The minimum atomic E-state index is -0.295. The van der Waals surface area contributed by atoms with Crippen LogP contribution in [0.15, 0.2) is 41.1 Å². The molecule has 1 atom stereocenters. The Kier molecular flexibility index (Phi) is 3.74. The first kappa shape index (κ1) is 12.3. The molecule has 0 saturated carbocycles. The van der Waals surface area contributed by atoms with Crippen molar-refractivity contribution in [1.82, 2.24) is 10.3 Å². The minimum Gasteiger partial charge on any atom is -0.438 e. The molecule has 0 fully saturated rings. The maximum absolute atomic E-state index is 11.8.